The summed E-state index contributed by atoms with van der Waals surface area (Å²) in [5.74, 6) is -0.109. The van der Waals surface area contributed by atoms with Gasteiger partial charge in [0.15, 0.2) is 5.70 Å². The molecule has 0 N–H and O–H groups in total. The van der Waals surface area contributed by atoms with Crippen molar-refractivity contribution in [2.75, 3.05) is 0 Å². The highest BCUT2D eigenvalue weighted by molar-refractivity contribution is 6.12. The first-order valence-corrected chi connectivity index (χ1v) is 8.78. The monoisotopic (exact) mass is 357 g/mol. The molecule has 1 aromatic heterocycles. The van der Waals surface area contributed by atoms with Gasteiger partial charge in [-0.3, -0.25) is 4.68 Å². The van der Waals surface area contributed by atoms with E-state index < -0.39 is 5.97 Å². The van der Waals surface area contributed by atoms with Crippen molar-refractivity contribution in [1.29, 1.82) is 0 Å². The lowest BCUT2D eigenvalue weighted by Crippen LogP contribution is -2.05. The van der Waals surface area contributed by atoms with Crippen LogP contribution in [0.4, 0.5) is 0 Å². The van der Waals surface area contributed by atoms with E-state index in [0.29, 0.717) is 18.1 Å². The minimum Gasteiger partial charge on any atom is -0.402 e. The van der Waals surface area contributed by atoms with Crippen LogP contribution in [0.25, 0.3) is 6.08 Å². The Morgan fingerprint density at radius 2 is 1.67 bits per heavy atom. The summed E-state index contributed by atoms with van der Waals surface area (Å²) in [4.78, 5) is 16.6. The number of carbonyl (C=O) groups is 1. The number of rotatable bonds is 4. The molecule has 2 aromatic carbocycles. The van der Waals surface area contributed by atoms with Crippen LogP contribution in [0.5, 0.6) is 0 Å². The quantitative estimate of drug-likeness (QED) is 0.526. The van der Waals surface area contributed by atoms with Crippen molar-refractivity contribution in [3.8, 4) is 0 Å². The summed E-state index contributed by atoms with van der Waals surface area (Å²) in [6.07, 6.45) is 1.76. The molecular weight excluding hydrogens is 338 g/mol. The molecule has 0 amide bonds. The molecule has 4 rings (SSSR count). The highest BCUT2D eigenvalue weighted by atomic mass is 16.6. The van der Waals surface area contributed by atoms with E-state index in [1.165, 1.54) is 5.56 Å². The maximum atomic E-state index is 12.3. The second-order valence-corrected chi connectivity index (χ2v) is 6.43. The Hall–Kier alpha value is -3.47. The second-order valence-electron chi connectivity index (χ2n) is 6.43. The molecule has 0 atom stereocenters. The summed E-state index contributed by atoms with van der Waals surface area (Å²) in [5, 5.41) is 4.62. The zero-order chi connectivity index (χ0) is 18.8. The van der Waals surface area contributed by atoms with E-state index in [9.17, 15) is 4.79 Å². The SMILES string of the molecule is Cc1nn(Cc2ccccc2)c(C)c1/C=C1\N=C(c2ccccc2)OC1=O. The molecular formula is C22H19N3O2. The van der Waals surface area contributed by atoms with Crippen LogP contribution in [-0.4, -0.2) is 21.6 Å². The van der Waals surface area contributed by atoms with Gasteiger partial charge in [-0.15, -0.1) is 0 Å². The number of hydrogen-bond acceptors (Lipinski definition) is 4. The minimum atomic E-state index is -0.441. The normalized spacial score (nSPS) is 15.1. The smallest absolute Gasteiger partial charge is 0.363 e. The topological polar surface area (TPSA) is 56.5 Å². The van der Waals surface area contributed by atoms with Crippen molar-refractivity contribution >= 4 is 17.9 Å². The zero-order valence-corrected chi connectivity index (χ0v) is 15.2. The van der Waals surface area contributed by atoms with Crippen LogP contribution in [0.2, 0.25) is 0 Å². The van der Waals surface area contributed by atoms with E-state index in [2.05, 4.69) is 22.2 Å². The fraction of sp³-hybridized carbons (Fsp3) is 0.136. The van der Waals surface area contributed by atoms with Gasteiger partial charge < -0.3 is 4.74 Å². The van der Waals surface area contributed by atoms with Gasteiger partial charge in [0, 0.05) is 16.8 Å². The molecule has 5 nitrogen and oxygen atoms in total. The van der Waals surface area contributed by atoms with E-state index in [-0.39, 0.29) is 0 Å². The molecule has 0 aliphatic carbocycles. The zero-order valence-electron chi connectivity index (χ0n) is 15.2. The number of aliphatic imine (C=N–C) groups is 1. The van der Waals surface area contributed by atoms with Gasteiger partial charge >= 0.3 is 5.97 Å². The van der Waals surface area contributed by atoms with Gasteiger partial charge in [-0.05, 0) is 37.6 Å². The third kappa shape index (κ3) is 3.44. The van der Waals surface area contributed by atoms with E-state index in [1.54, 1.807) is 6.08 Å². The average molecular weight is 357 g/mol. The lowest BCUT2D eigenvalue weighted by atomic mass is 10.1. The summed E-state index contributed by atoms with van der Waals surface area (Å²) >= 11 is 0. The average Bonchev–Trinajstić information content (AvgIpc) is 3.18. The molecule has 0 fully saturated rings. The summed E-state index contributed by atoms with van der Waals surface area (Å²) < 4.78 is 7.27. The van der Waals surface area contributed by atoms with Gasteiger partial charge in [0.2, 0.25) is 5.90 Å². The maximum Gasteiger partial charge on any atom is 0.363 e. The number of aryl methyl sites for hydroxylation is 1. The van der Waals surface area contributed by atoms with Crippen LogP contribution in [0.15, 0.2) is 71.4 Å². The van der Waals surface area contributed by atoms with E-state index >= 15 is 0 Å². The van der Waals surface area contributed by atoms with Crippen LogP contribution < -0.4 is 0 Å². The third-order valence-electron chi connectivity index (χ3n) is 4.53. The first kappa shape index (κ1) is 17.0. The Morgan fingerprint density at radius 3 is 2.37 bits per heavy atom. The molecule has 0 spiro atoms. The molecule has 3 aromatic rings. The Kier molecular flexibility index (Phi) is 4.42. The molecule has 0 bridgehead atoms. The molecule has 0 saturated heterocycles. The minimum absolute atomic E-state index is 0.291. The van der Waals surface area contributed by atoms with Gasteiger partial charge in [0.05, 0.1) is 12.2 Å². The van der Waals surface area contributed by atoms with E-state index in [1.807, 2.05) is 67.1 Å². The fourth-order valence-electron chi connectivity index (χ4n) is 3.08. The number of esters is 1. The summed E-state index contributed by atoms with van der Waals surface area (Å²) in [6, 6.07) is 19.6. The van der Waals surface area contributed by atoms with Crippen molar-refractivity contribution in [2.45, 2.75) is 20.4 Å². The Bertz CT molecular complexity index is 1050. The van der Waals surface area contributed by atoms with Crippen LogP contribution in [-0.2, 0) is 16.1 Å². The number of aromatic nitrogens is 2. The summed E-state index contributed by atoms with van der Waals surface area (Å²) in [6.45, 7) is 4.61. The number of hydrogen-bond donors (Lipinski definition) is 0. The molecule has 5 heteroatoms. The Morgan fingerprint density at radius 1 is 1.00 bits per heavy atom. The second kappa shape index (κ2) is 7.03. The van der Waals surface area contributed by atoms with Crippen molar-refractivity contribution in [1.82, 2.24) is 9.78 Å². The maximum absolute atomic E-state index is 12.3. The van der Waals surface area contributed by atoms with Crippen molar-refractivity contribution in [3.05, 3.63) is 94.4 Å². The highest BCUT2D eigenvalue weighted by Crippen LogP contribution is 2.23. The molecule has 2 heterocycles. The number of carbonyl (C=O) groups excluding carboxylic acids is 1. The van der Waals surface area contributed by atoms with E-state index in [4.69, 9.17) is 4.74 Å². The Balaban J connectivity index is 1.66. The van der Waals surface area contributed by atoms with Crippen LogP contribution in [0, 0.1) is 13.8 Å². The van der Waals surface area contributed by atoms with Crippen molar-refractivity contribution < 1.29 is 9.53 Å². The molecule has 0 radical (unpaired) electrons. The molecule has 134 valence electrons. The van der Waals surface area contributed by atoms with Crippen LogP contribution in [0.3, 0.4) is 0 Å². The van der Waals surface area contributed by atoms with Gasteiger partial charge in [-0.25, -0.2) is 9.79 Å². The largest absolute Gasteiger partial charge is 0.402 e. The molecule has 1 aliphatic heterocycles. The van der Waals surface area contributed by atoms with Crippen molar-refractivity contribution in [3.63, 3.8) is 0 Å². The van der Waals surface area contributed by atoms with Gasteiger partial charge in [0.25, 0.3) is 0 Å². The molecule has 27 heavy (non-hydrogen) atoms. The molecule has 0 unspecified atom stereocenters. The number of ether oxygens (including phenoxy) is 1. The van der Waals surface area contributed by atoms with Gasteiger partial charge in [-0.2, -0.15) is 5.10 Å². The number of cyclic esters (lactones) is 1. The number of nitrogens with zero attached hydrogens (tertiary/aromatic N) is 3. The summed E-state index contributed by atoms with van der Waals surface area (Å²) in [7, 11) is 0. The Labute approximate surface area is 157 Å². The fourth-order valence-corrected chi connectivity index (χ4v) is 3.08. The molecule has 1 aliphatic rings. The highest BCUT2D eigenvalue weighted by Gasteiger charge is 2.25. The molecule has 0 saturated carbocycles. The van der Waals surface area contributed by atoms with Crippen molar-refractivity contribution in [2.24, 2.45) is 4.99 Å². The first-order valence-electron chi connectivity index (χ1n) is 8.78. The predicted molar refractivity (Wildman–Crippen MR) is 104 cm³/mol. The van der Waals surface area contributed by atoms with Crippen LogP contribution >= 0.6 is 0 Å². The number of benzene rings is 2. The summed E-state index contributed by atoms with van der Waals surface area (Å²) in [5.41, 5.74) is 4.98. The first-order chi connectivity index (χ1) is 13.1. The standard InChI is InChI=1S/C22H19N3O2/c1-15-19(16(2)25(24-15)14-17-9-5-3-6-10-17)13-20-22(26)27-21(23-20)18-11-7-4-8-12-18/h3-13H,14H2,1-2H3/b20-13-. The van der Waals surface area contributed by atoms with Crippen LogP contribution in [0.1, 0.15) is 28.1 Å². The van der Waals surface area contributed by atoms with Gasteiger partial charge in [0.1, 0.15) is 0 Å². The van der Waals surface area contributed by atoms with Gasteiger partial charge in [-0.1, -0.05) is 48.5 Å². The van der Waals surface area contributed by atoms with E-state index in [0.717, 1.165) is 22.5 Å². The third-order valence-corrected chi connectivity index (χ3v) is 4.53. The lowest BCUT2D eigenvalue weighted by molar-refractivity contribution is -0.129. The predicted octanol–water partition coefficient (Wildman–Crippen LogP) is 3.89. The lowest BCUT2D eigenvalue weighted by Gasteiger charge is -2.04.